The molecule has 0 saturated carbocycles. The van der Waals surface area contributed by atoms with Gasteiger partial charge < -0.3 is 5.73 Å². The van der Waals surface area contributed by atoms with Gasteiger partial charge in [0, 0.05) is 16.2 Å². The number of carbonyl (C=O) groups is 1. The number of amides is 1. The summed E-state index contributed by atoms with van der Waals surface area (Å²) in [6, 6.07) is 9.70. The van der Waals surface area contributed by atoms with Crippen LogP contribution in [-0.2, 0) is 0 Å². The maximum Gasteiger partial charge on any atom is 0.254 e. The van der Waals surface area contributed by atoms with E-state index in [1.54, 1.807) is 17.6 Å². The summed E-state index contributed by atoms with van der Waals surface area (Å²) in [7, 11) is 0. The minimum absolute atomic E-state index is 0.365. The Morgan fingerprint density at radius 3 is 2.60 bits per heavy atom. The zero-order chi connectivity index (χ0) is 14.3. The summed E-state index contributed by atoms with van der Waals surface area (Å²) in [4.78, 5) is 15.7. The number of carbonyl (C=O) groups excluding carboxylic acids is 1. The van der Waals surface area contributed by atoms with Crippen LogP contribution in [0.4, 0.5) is 0 Å². The standard InChI is InChI=1S/C14H11BrN4O/c1-8-12(13(16)20)14-17-7-6-11(19(14)18-8)9-2-4-10(15)5-3-9/h2-7H,1H3,(H2,16,20). The Balaban J connectivity index is 2.30. The lowest BCUT2D eigenvalue weighted by Gasteiger charge is -2.04. The van der Waals surface area contributed by atoms with Crippen molar-refractivity contribution in [3.8, 4) is 11.3 Å². The van der Waals surface area contributed by atoms with Gasteiger partial charge in [-0.15, -0.1) is 0 Å². The van der Waals surface area contributed by atoms with Gasteiger partial charge in [-0.2, -0.15) is 5.10 Å². The Bertz CT molecular complexity index is 808. The largest absolute Gasteiger partial charge is 0.365 e. The van der Waals surface area contributed by atoms with E-state index in [0.717, 1.165) is 15.7 Å². The fraction of sp³-hybridized carbons (Fsp3) is 0.0714. The number of aromatic nitrogens is 3. The molecule has 0 atom stereocenters. The van der Waals surface area contributed by atoms with E-state index >= 15 is 0 Å². The van der Waals surface area contributed by atoms with E-state index in [-0.39, 0.29) is 0 Å². The van der Waals surface area contributed by atoms with Crippen molar-refractivity contribution in [1.29, 1.82) is 0 Å². The van der Waals surface area contributed by atoms with E-state index in [0.29, 0.717) is 16.9 Å². The number of primary amides is 1. The Morgan fingerprint density at radius 2 is 1.95 bits per heavy atom. The topological polar surface area (TPSA) is 73.3 Å². The van der Waals surface area contributed by atoms with Gasteiger partial charge in [-0.25, -0.2) is 9.50 Å². The van der Waals surface area contributed by atoms with Gasteiger partial charge in [0.2, 0.25) is 0 Å². The van der Waals surface area contributed by atoms with Crippen molar-refractivity contribution >= 4 is 27.5 Å². The molecule has 2 N–H and O–H groups in total. The van der Waals surface area contributed by atoms with Crippen LogP contribution in [-0.4, -0.2) is 20.5 Å². The number of rotatable bonds is 2. The van der Waals surface area contributed by atoms with Gasteiger partial charge in [-0.1, -0.05) is 28.1 Å². The predicted octanol–water partition coefficient (Wildman–Crippen LogP) is 2.57. The maximum absolute atomic E-state index is 11.5. The second kappa shape index (κ2) is 4.72. The predicted molar refractivity (Wildman–Crippen MR) is 79.4 cm³/mol. The fourth-order valence-electron chi connectivity index (χ4n) is 2.18. The van der Waals surface area contributed by atoms with Gasteiger partial charge in [0.15, 0.2) is 5.65 Å². The van der Waals surface area contributed by atoms with E-state index in [2.05, 4.69) is 26.0 Å². The second-order valence-corrected chi connectivity index (χ2v) is 5.31. The number of nitrogens with two attached hydrogens (primary N) is 1. The van der Waals surface area contributed by atoms with Crippen LogP contribution >= 0.6 is 15.9 Å². The van der Waals surface area contributed by atoms with Crippen molar-refractivity contribution in [3.63, 3.8) is 0 Å². The third kappa shape index (κ3) is 1.98. The molecule has 20 heavy (non-hydrogen) atoms. The van der Waals surface area contributed by atoms with E-state index in [1.165, 1.54) is 0 Å². The number of aryl methyl sites for hydroxylation is 1. The third-order valence-corrected chi connectivity index (χ3v) is 3.61. The molecule has 0 aliphatic rings. The average molecular weight is 331 g/mol. The summed E-state index contributed by atoms with van der Waals surface area (Å²) in [6.45, 7) is 1.75. The monoisotopic (exact) mass is 330 g/mol. The SMILES string of the molecule is Cc1nn2c(-c3ccc(Br)cc3)ccnc2c1C(N)=O. The number of fused-ring (bicyclic) bond motifs is 1. The van der Waals surface area contributed by atoms with E-state index in [9.17, 15) is 4.79 Å². The summed E-state index contributed by atoms with van der Waals surface area (Å²) >= 11 is 3.41. The zero-order valence-corrected chi connectivity index (χ0v) is 12.3. The lowest BCUT2D eigenvalue weighted by molar-refractivity contribution is 0.100. The molecule has 0 spiro atoms. The fourth-order valence-corrected chi connectivity index (χ4v) is 2.44. The number of nitrogens with zero attached hydrogens (tertiary/aromatic N) is 3. The smallest absolute Gasteiger partial charge is 0.254 e. The zero-order valence-electron chi connectivity index (χ0n) is 10.7. The van der Waals surface area contributed by atoms with Crippen molar-refractivity contribution < 1.29 is 4.79 Å². The van der Waals surface area contributed by atoms with E-state index in [1.807, 2.05) is 30.3 Å². The molecule has 3 aromatic rings. The first-order chi connectivity index (χ1) is 9.58. The number of halogens is 1. The molecule has 0 aliphatic heterocycles. The summed E-state index contributed by atoms with van der Waals surface area (Å²) in [6.07, 6.45) is 1.65. The number of hydrogen-bond acceptors (Lipinski definition) is 3. The Hall–Kier alpha value is -2.21. The summed E-state index contributed by atoms with van der Waals surface area (Å²) < 4.78 is 2.65. The van der Waals surface area contributed by atoms with Crippen LogP contribution in [0.25, 0.3) is 16.9 Å². The normalized spacial score (nSPS) is 10.9. The van der Waals surface area contributed by atoms with Crippen molar-refractivity contribution in [1.82, 2.24) is 14.6 Å². The first-order valence-electron chi connectivity index (χ1n) is 5.98. The molecule has 0 saturated heterocycles. The van der Waals surface area contributed by atoms with Crippen LogP contribution in [0.1, 0.15) is 16.1 Å². The summed E-state index contributed by atoms with van der Waals surface area (Å²) in [5, 5.41) is 4.37. The summed E-state index contributed by atoms with van der Waals surface area (Å²) in [5.74, 6) is -0.516. The average Bonchev–Trinajstić information content (AvgIpc) is 2.75. The van der Waals surface area contributed by atoms with Gasteiger partial charge in [0.1, 0.15) is 5.56 Å². The molecule has 0 radical (unpaired) electrons. The first kappa shape index (κ1) is 12.8. The quantitative estimate of drug-likeness (QED) is 0.784. The molecule has 5 nitrogen and oxygen atoms in total. The highest BCUT2D eigenvalue weighted by molar-refractivity contribution is 9.10. The van der Waals surface area contributed by atoms with Crippen LogP contribution in [0, 0.1) is 6.92 Å². The highest BCUT2D eigenvalue weighted by Crippen LogP contribution is 2.23. The van der Waals surface area contributed by atoms with E-state index in [4.69, 9.17) is 5.73 Å². The van der Waals surface area contributed by atoms with Crippen LogP contribution < -0.4 is 5.73 Å². The van der Waals surface area contributed by atoms with Crippen LogP contribution in [0.2, 0.25) is 0 Å². The Kier molecular flexibility index (Phi) is 3.02. The van der Waals surface area contributed by atoms with Crippen molar-refractivity contribution in [3.05, 3.63) is 52.3 Å². The lowest BCUT2D eigenvalue weighted by Crippen LogP contribution is -2.12. The first-order valence-corrected chi connectivity index (χ1v) is 6.77. The minimum Gasteiger partial charge on any atom is -0.365 e. The molecule has 0 unspecified atom stereocenters. The molecule has 100 valence electrons. The highest BCUT2D eigenvalue weighted by atomic mass is 79.9. The van der Waals surface area contributed by atoms with Gasteiger partial charge in [0.05, 0.1) is 11.4 Å². The van der Waals surface area contributed by atoms with Gasteiger partial charge >= 0.3 is 0 Å². The lowest BCUT2D eigenvalue weighted by atomic mass is 10.1. The molecule has 2 heterocycles. The number of hydrogen-bond donors (Lipinski definition) is 1. The second-order valence-electron chi connectivity index (χ2n) is 4.40. The van der Waals surface area contributed by atoms with Crippen LogP contribution in [0.5, 0.6) is 0 Å². The third-order valence-electron chi connectivity index (χ3n) is 3.08. The van der Waals surface area contributed by atoms with Crippen molar-refractivity contribution in [2.24, 2.45) is 5.73 Å². The molecule has 6 heteroatoms. The molecule has 2 aromatic heterocycles. The Labute approximate surface area is 123 Å². The summed E-state index contributed by atoms with van der Waals surface area (Å²) in [5.41, 5.74) is 8.66. The molecule has 0 aliphatic carbocycles. The molecule has 3 rings (SSSR count). The highest BCUT2D eigenvalue weighted by Gasteiger charge is 2.17. The van der Waals surface area contributed by atoms with E-state index < -0.39 is 5.91 Å². The Morgan fingerprint density at radius 1 is 1.25 bits per heavy atom. The van der Waals surface area contributed by atoms with Gasteiger partial charge in [0.25, 0.3) is 5.91 Å². The molecular weight excluding hydrogens is 320 g/mol. The van der Waals surface area contributed by atoms with Crippen molar-refractivity contribution in [2.45, 2.75) is 6.92 Å². The number of benzene rings is 1. The van der Waals surface area contributed by atoms with Crippen LogP contribution in [0.3, 0.4) is 0 Å². The van der Waals surface area contributed by atoms with Crippen LogP contribution in [0.15, 0.2) is 41.0 Å². The minimum atomic E-state index is -0.516. The molecule has 0 bridgehead atoms. The maximum atomic E-state index is 11.5. The molecule has 0 fully saturated rings. The van der Waals surface area contributed by atoms with Gasteiger partial charge in [-0.3, -0.25) is 4.79 Å². The molecule has 1 aromatic carbocycles. The van der Waals surface area contributed by atoms with Crippen molar-refractivity contribution in [2.75, 3.05) is 0 Å². The van der Waals surface area contributed by atoms with Gasteiger partial charge in [-0.05, 0) is 25.1 Å². The molecule has 1 amide bonds. The molecular formula is C14H11BrN4O.